The first kappa shape index (κ1) is 20.4. The van der Waals surface area contributed by atoms with Gasteiger partial charge in [-0.15, -0.1) is 0 Å². The number of ether oxygens (including phenoxy) is 2. The summed E-state index contributed by atoms with van der Waals surface area (Å²) >= 11 is 6.30. The molecule has 0 saturated heterocycles. The van der Waals surface area contributed by atoms with Crippen LogP contribution >= 0.6 is 11.6 Å². The van der Waals surface area contributed by atoms with Crippen molar-refractivity contribution in [1.29, 1.82) is 0 Å². The Morgan fingerprint density at radius 3 is 2.46 bits per heavy atom. The van der Waals surface area contributed by atoms with Crippen molar-refractivity contribution < 1.29 is 24.2 Å². The average Bonchev–Trinajstić information content (AvgIpc) is 2.61. The maximum Gasteiger partial charge on any atom is 0.306 e. The lowest BCUT2D eigenvalue weighted by Gasteiger charge is -2.27. The Hall–Kier alpha value is -1.95. The lowest BCUT2D eigenvalue weighted by molar-refractivity contribution is -0.142. The first-order valence-corrected chi connectivity index (χ1v) is 9.46. The van der Waals surface area contributed by atoms with Gasteiger partial charge in [0.1, 0.15) is 0 Å². The Bertz CT molecular complexity index is 641. The smallest absolute Gasteiger partial charge is 0.306 e. The van der Waals surface area contributed by atoms with Gasteiger partial charge in [-0.05, 0) is 51.2 Å². The molecule has 0 heterocycles. The number of carbonyl (C=O) groups excluding carboxylic acids is 1. The molecule has 0 aliphatic heterocycles. The van der Waals surface area contributed by atoms with Gasteiger partial charge in [-0.25, -0.2) is 0 Å². The minimum Gasteiger partial charge on any atom is -0.490 e. The lowest BCUT2D eigenvalue weighted by Crippen LogP contribution is -2.38. The Kier molecular flexibility index (Phi) is 7.57. The van der Waals surface area contributed by atoms with E-state index in [0.29, 0.717) is 61.0 Å². The molecule has 1 saturated carbocycles. The van der Waals surface area contributed by atoms with Crippen LogP contribution in [0.2, 0.25) is 5.02 Å². The number of hydrogen-bond acceptors (Lipinski definition) is 4. The predicted octanol–water partition coefficient (Wildman–Crippen LogP) is 3.90. The predicted molar refractivity (Wildman–Crippen MR) is 99.3 cm³/mol. The van der Waals surface area contributed by atoms with Gasteiger partial charge in [0.15, 0.2) is 11.5 Å². The number of amides is 1. The van der Waals surface area contributed by atoms with Crippen molar-refractivity contribution in [3.8, 4) is 11.5 Å². The number of nitrogens with one attached hydrogen (secondary N) is 1. The van der Waals surface area contributed by atoms with E-state index >= 15 is 0 Å². The Labute approximate surface area is 158 Å². The van der Waals surface area contributed by atoms with E-state index in [4.69, 9.17) is 26.2 Å². The van der Waals surface area contributed by atoms with Crippen molar-refractivity contribution in [2.24, 2.45) is 5.92 Å². The van der Waals surface area contributed by atoms with Crippen LogP contribution in [0.4, 0.5) is 0 Å². The number of carbonyl (C=O) groups is 2. The SMILES string of the molecule is CCCOc1c(Cl)cc(C(=O)NC2CCC(C(=O)O)CC2)cc1OCC. The van der Waals surface area contributed by atoms with Gasteiger partial charge in [0.25, 0.3) is 5.91 Å². The number of carboxylic acids is 1. The van der Waals surface area contributed by atoms with Crippen LogP contribution in [-0.2, 0) is 4.79 Å². The highest BCUT2D eigenvalue weighted by atomic mass is 35.5. The molecule has 1 fully saturated rings. The lowest BCUT2D eigenvalue weighted by atomic mass is 9.86. The molecule has 0 atom stereocenters. The monoisotopic (exact) mass is 383 g/mol. The first-order valence-electron chi connectivity index (χ1n) is 9.09. The maximum absolute atomic E-state index is 12.6. The van der Waals surface area contributed by atoms with Crippen LogP contribution in [-0.4, -0.2) is 36.2 Å². The molecule has 7 heteroatoms. The molecule has 1 aromatic rings. The van der Waals surface area contributed by atoms with E-state index in [-0.39, 0.29) is 17.9 Å². The zero-order valence-electron chi connectivity index (χ0n) is 15.2. The Morgan fingerprint density at radius 2 is 1.88 bits per heavy atom. The van der Waals surface area contributed by atoms with E-state index in [1.54, 1.807) is 12.1 Å². The molecule has 0 bridgehead atoms. The van der Waals surface area contributed by atoms with E-state index in [9.17, 15) is 9.59 Å². The van der Waals surface area contributed by atoms with Crippen molar-refractivity contribution in [3.63, 3.8) is 0 Å². The second kappa shape index (κ2) is 9.67. The van der Waals surface area contributed by atoms with Crippen LogP contribution in [0.5, 0.6) is 11.5 Å². The number of benzene rings is 1. The van der Waals surface area contributed by atoms with Gasteiger partial charge < -0.3 is 19.9 Å². The quantitative estimate of drug-likeness (QED) is 0.711. The molecule has 1 aliphatic carbocycles. The van der Waals surface area contributed by atoms with Crippen molar-refractivity contribution in [3.05, 3.63) is 22.7 Å². The molecule has 1 aromatic carbocycles. The van der Waals surface area contributed by atoms with Gasteiger partial charge in [-0.2, -0.15) is 0 Å². The summed E-state index contributed by atoms with van der Waals surface area (Å²) in [6.07, 6.45) is 3.31. The van der Waals surface area contributed by atoms with E-state index in [2.05, 4.69) is 5.32 Å². The number of aliphatic carboxylic acids is 1. The first-order chi connectivity index (χ1) is 12.5. The van der Waals surface area contributed by atoms with Crippen molar-refractivity contribution >= 4 is 23.5 Å². The molecular formula is C19H26ClNO5. The molecule has 0 spiro atoms. The number of rotatable bonds is 8. The largest absolute Gasteiger partial charge is 0.490 e. The summed E-state index contributed by atoms with van der Waals surface area (Å²) in [6, 6.07) is 3.19. The summed E-state index contributed by atoms with van der Waals surface area (Å²) < 4.78 is 11.2. The summed E-state index contributed by atoms with van der Waals surface area (Å²) in [5.41, 5.74) is 0.405. The fraction of sp³-hybridized carbons (Fsp3) is 0.579. The van der Waals surface area contributed by atoms with Crippen molar-refractivity contribution in [2.75, 3.05) is 13.2 Å². The third-order valence-electron chi connectivity index (χ3n) is 4.43. The van der Waals surface area contributed by atoms with Crippen LogP contribution in [0.1, 0.15) is 56.3 Å². The van der Waals surface area contributed by atoms with Gasteiger partial charge in [0.2, 0.25) is 0 Å². The third kappa shape index (κ3) is 5.27. The zero-order valence-corrected chi connectivity index (χ0v) is 16.0. The molecule has 26 heavy (non-hydrogen) atoms. The number of hydrogen-bond donors (Lipinski definition) is 2. The van der Waals surface area contributed by atoms with Crippen LogP contribution in [0, 0.1) is 5.92 Å². The molecule has 0 unspecified atom stereocenters. The highest BCUT2D eigenvalue weighted by Gasteiger charge is 2.27. The topological polar surface area (TPSA) is 84.9 Å². The molecular weight excluding hydrogens is 358 g/mol. The van der Waals surface area contributed by atoms with E-state index in [1.807, 2.05) is 13.8 Å². The number of halogens is 1. The minimum atomic E-state index is -0.759. The highest BCUT2D eigenvalue weighted by Crippen LogP contribution is 2.37. The minimum absolute atomic E-state index is 0.0246. The van der Waals surface area contributed by atoms with Crippen LogP contribution < -0.4 is 14.8 Å². The molecule has 0 aromatic heterocycles. The van der Waals surface area contributed by atoms with Gasteiger partial charge in [0.05, 0.1) is 24.2 Å². The van der Waals surface area contributed by atoms with Crippen LogP contribution in [0.15, 0.2) is 12.1 Å². The molecule has 0 radical (unpaired) electrons. The average molecular weight is 384 g/mol. The summed E-state index contributed by atoms with van der Waals surface area (Å²) in [4.78, 5) is 23.6. The Balaban J connectivity index is 2.07. The number of carboxylic acid groups (broad SMARTS) is 1. The Morgan fingerprint density at radius 1 is 1.19 bits per heavy atom. The van der Waals surface area contributed by atoms with Crippen LogP contribution in [0.25, 0.3) is 0 Å². The highest BCUT2D eigenvalue weighted by molar-refractivity contribution is 6.32. The van der Waals surface area contributed by atoms with E-state index < -0.39 is 5.97 Å². The zero-order chi connectivity index (χ0) is 19.1. The molecule has 1 aliphatic rings. The second-order valence-electron chi connectivity index (χ2n) is 6.43. The summed E-state index contributed by atoms with van der Waals surface area (Å²) in [5.74, 6) is -0.404. The molecule has 6 nitrogen and oxygen atoms in total. The van der Waals surface area contributed by atoms with Gasteiger partial charge in [0, 0.05) is 11.6 Å². The molecule has 144 valence electrons. The molecule has 2 N–H and O–H groups in total. The summed E-state index contributed by atoms with van der Waals surface area (Å²) in [5, 5.41) is 12.4. The summed E-state index contributed by atoms with van der Waals surface area (Å²) in [7, 11) is 0. The fourth-order valence-corrected chi connectivity index (χ4v) is 3.32. The second-order valence-corrected chi connectivity index (χ2v) is 6.83. The van der Waals surface area contributed by atoms with Gasteiger partial charge in [-0.1, -0.05) is 18.5 Å². The maximum atomic E-state index is 12.6. The van der Waals surface area contributed by atoms with Crippen LogP contribution in [0.3, 0.4) is 0 Å². The van der Waals surface area contributed by atoms with E-state index in [1.165, 1.54) is 0 Å². The molecule has 2 rings (SSSR count). The normalized spacial score (nSPS) is 19.7. The van der Waals surface area contributed by atoms with Gasteiger partial charge >= 0.3 is 5.97 Å². The standard InChI is InChI=1S/C19H26ClNO5/c1-3-9-26-17-15(20)10-13(11-16(17)25-4-2)18(22)21-14-7-5-12(6-8-14)19(23)24/h10-12,14H,3-9H2,1-2H3,(H,21,22)(H,23,24). The third-order valence-corrected chi connectivity index (χ3v) is 4.71. The van der Waals surface area contributed by atoms with Gasteiger partial charge in [-0.3, -0.25) is 9.59 Å². The summed E-state index contributed by atoms with van der Waals surface area (Å²) in [6.45, 7) is 4.79. The van der Waals surface area contributed by atoms with Crippen molar-refractivity contribution in [2.45, 2.75) is 52.0 Å². The van der Waals surface area contributed by atoms with Crippen molar-refractivity contribution in [1.82, 2.24) is 5.32 Å². The molecule has 1 amide bonds. The van der Waals surface area contributed by atoms with E-state index in [0.717, 1.165) is 6.42 Å². The fourth-order valence-electron chi connectivity index (χ4n) is 3.06.